The van der Waals surface area contributed by atoms with Crippen LogP contribution in [0.2, 0.25) is 0 Å². The normalized spacial score (nSPS) is 19.5. The van der Waals surface area contributed by atoms with Crippen molar-refractivity contribution in [3.63, 3.8) is 0 Å². The van der Waals surface area contributed by atoms with Crippen LogP contribution in [-0.4, -0.2) is 26.4 Å². The standard InChI is InChI=1S/C16H25NO2/c1-18-13-15-7-5-14(6-8-15)12-17-10-9-16-4-2-3-11-19-16/h5-8,16-17H,2-4,9-13H2,1H3. The maximum Gasteiger partial charge on any atom is 0.0713 e. The first-order valence-electron chi connectivity index (χ1n) is 7.27. The van der Waals surface area contributed by atoms with E-state index >= 15 is 0 Å². The maximum absolute atomic E-state index is 5.72. The molecule has 1 atom stereocenters. The summed E-state index contributed by atoms with van der Waals surface area (Å²) in [7, 11) is 1.73. The van der Waals surface area contributed by atoms with E-state index in [9.17, 15) is 0 Å². The Morgan fingerprint density at radius 3 is 2.68 bits per heavy atom. The van der Waals surface area contributed by atoms with Crippen molar-refractivity contribution in [1.29, 1.82) is 0 Å². The van der Waals surface area contributed by atoms with E-state index < -0.39 is 0 Å². The van der Waals surface area contributed by atoms with E-state index in [2.05, 4.69) is 29.6 Å². The van der Waals surface area contributed by atoms with Crippen LogP contribution in [0.5, 0.6) is 0 Å². The molecule has 1 fully saturated rings. The summed E-state index contributed by atoms with van der Waals surface area (Å²) in [5, 5.41) is 3.49. The molecule has 1 aromatic rings. The van der Waals surface area contributed by atoms with Crippen LogP contribution in [0.25, 0.3) is 0 Å². The van der Waals surface area contributed by atoms with E-state index in [-0.39, 0.29) is 0 Å². The van der Waals surface area contributed by atoms with Gasteiger partial charge in [0.1, 0.15) is 0 Å². The van der Waals surface area contributed by atoms with Crippen molar-refractivity contribution in [3.8, 4) is 0 Å². The molecule has 1 N–H and O–H groups in total. The third-order valence-electron chi connectivity index (χ3n) is 3.58. The van der Waals surface area contributed by atoms with Gasteiger partial charge in [0.05, 0.1) is 12.7 Å². The third kappa shape index (κ3) is 5.31. The first-order chi connectivity index (χ1) is 9.38. The number of rotatable bonds is 7. The average Bonchev–Trinajstić information content (AvgIpc) is 2.47. The van der Waals surface area contributed by atoms with Crippen molar-refractivity contribution in [2.45, 2.75) is 44.9 Å². The first-order valence-corrected chi connectivity index (χ1v) is 7.27. The van der Waals surface area contributed by atoms with E-state index in [0.29, 0.717) is 12.7 Å². The molecule has 0 radical (unpaired) electrons. The highest BCUT2D eigenvalue weighted by Gasteiger charge is 2.12. The third-order valence-corrected chi connectivity index (χ3v) is 3.58. The van der Waals surface area contributed by atoms with Gasteiger partial charge in [-0.05, 0) is 43.4 Å². The number of hydrogen-bond donors (Lipinski definition) is 1. The fourth-order valence-corrected chi connectivity index (χ4v) is 2.45. The van der Waals surface area contributed by atoms with Gasteiger partial charge in [0.25, 0.3) is 0 Å². The summed E-state index contributed by atoms with van der Waals surface area (Å²) in [4.78, 5) is 0. The zero-order valence-corrected chi connectivity index (χ0v) is 11.9. The molecule has 3 nitrogen and oxygen atoms in total. The summed E-state index contributed by atoms with van der Waals surface area (Å²) in [5.41, 5.74) is 2.55. The molecule has 1 aliphatic rings. The van der Waals surface area contributed by atoms with Gasteiger partial charge < -0.3 is 14.8 Å². The van der Waals surface area contributed by atoms with Gasteiger partial charge >= 0.3 is 0 Å². The van der Waals surface area contributed by atoms with Crippen LogP contribution in [-0.2, 0) is 22.6 Å². The minimum Gasteiger partial charge on any atom is -0.380 e. The molecule has 106 valence electrons. The summed E-state index contributed by atoms with van der Waals surface area (Å²) < 4.78 is 10.8. The lowest BCUT2D eigenvalue weighted by Gasteiger charge is -2.22. The Morgan fingerprint density at radius 2 is 2.00 bits per heavy atom. The number of hydrogen-bond acceptors (Lipinski definition) is 3. The van der Waals surface area contributed by atoms with Crippen LogP contribution in [0.4, 0.5) is 0 Å². The van der Waals surface area contributed by atoms with Crippen molar-refractivity contribution < 1.29 is 9.47 Å². The number of methoxy groups -OCH3 is 1. The van der Waals surface area contributed by atoms with Gasteiger partial charge in [0.15, 0.2) is 0 Å². The summed E-state index contributed by atoms with van der Waals surface area (Å²) in [6, 6.07) is 8.59. The average molecular weight is 263 g/mol. The molecule has 0 aromatic heterocycles. The molecule has 0 amide bonds. The van der Waals surface area contributed by atoms with Gasteiger partial charge in [-0.2, -0.15) is 0 Å². The molecular weight excluding hydrogens is 238 g/mol. The molecule has 1 aromatic carbocycles. The Kier molecular flexibility index (Phi) is 6.34. The molecular formula is C16H25NO2. The molecule has 1 aliphatic heterocycles. The van der Waals surface area contributed by atoms with Gasteiger partial charge in [-0.15, -0.1) is 0 Å². The van der Waals surface area contributed by atoms with Crippen LogP contribution >= 0.6 is 0 Å². The van der Waals surface area contributed by atoms with Gasteiger partial charge in [0, 0.05) is 20.3 Å². The number of benzene rings is 1. The largest absolute Gasteiger partial charge is 0.380 e. The second-order valence-electron chi connectivity index (χ2n) is 5.20. The molecule has 2 rings (SSSR count). The molecule has 0 bridgehead atoms. The fraction of sp³-hybridized carbons (Fsp3) is 0.625. The van der Waals surface area contributed by atoms with E-state index in [4.69, 9.17) is 9.47 Å². The molecule has 19 heavy (non-hydrogen) atoms. The second kappa shape index (κ2) is 8.31. The van der Waals surface area contributed by atoms with Crippen molar-refractivity contribution in [2.75, 3.05) is 20.3 Å². The van der Waals surface area contributed by atoms with E-state index in [1.807, 2.05) is 0 Å². The van der Waals surface area contributed by atoms with Crippen LogP contribution in [0.15, 0.2) is 24.3 Å². The molecule has 0 saturated carbocycles. The maximum atomic E-state index is 5.72. The highest BCUT2D eigenvalue weighted by Crippen LogP contribution is 2.14. The highest BCUT2D eigenvalue weighted by atomic mass is 16.5. The van der Waals surface area contributed by atoms with Crippen molar-refractivity contribution in [1.82, 2.24) is 5.32 Å². The smallest absolute Gasteiger partial charge is 0.0713 e. The lowest BCUT2D eigenvalue weighted by molar-refractivity contribution is 0.0115. The van der Waals surface area contributed by atoms with E-state index in [1.165, 1.54) is 30.4 Å². The zero-order valence-electron chi connectivity index (χ0n) is 11.9. The predicted octanol–water partition coefficient (Wildman–Crippen LogP) is 2.88. The number of ether oxygens (including phenoxy) is 2. The SMILES string of the molecule is COCc1ccc(CNCCC2CCCCO2)cc1. The van der Waals surface area contributed by atoms with Crippen LogP contribution in [0, 0.1) is 0 Å². The minimum atomic E-state index is 0.477. The molecule has 1 unspecified atom stereocenters. The summed E-state index contributed by atoms with van der Waals surface area (Å²) in [6.07, 6.45) is 5.39. The summed E-state index contributed by atoms with van der Waals surface area (Å²) in [5.74, 6) is 0. The van der Waals surface area contributed by atoms with Crippen molar-refractivity contribution in [2.24, 2.45) is 0 Å². The van der Waals surface area contributed by atoms with Gasteiger partial charge in [0.2, 0.25) is 0 Å². The van der Waals surface area contributed by atoms with Crippen LogP contribution in [0.1, 0.15) is 36.8 Å². The summed E-state index contributed by atoms with van der Waals surface area (Å²) in [6.45, 7) is 3.60. The molecule has 0 spiro atoms. The predicted molar refractivity (Wildman–Crippen MR) is 77.1 cm³/mol. The van der Waals surface area contributed by atoms with E-state index in [1.54, 1.807) is 7.11 Å². The Balaban J connectivity index is 1.62. The topological polar surface area (TPSA) is 30.5 Å². The molecule has 1 saturated heterocycles. The van der Waals surface area contributed by atoms with Gasteiger partial charge in [-0.1, -0.05) is 24.3 Å². The minimum absolute atomic E-state index is 0.477. The monoisotopic (exact) mass is 263 g/mol. The van der Waals surface area contributed by atoms with E-state index in [0.717, 1.165) is 26.1 Å². The molecule has 0 aliphatic carbocycles. The van der Waals surface area contributed by atoms with Crippen LogP contribution in [0.3, 0.4) is 0 Å². The van der Waals surface area contributed by atoms with Crippen molar-refractivity contribution >= 4 is 0 Å². The molecule has 3 heteroatoms. The Labute approximate surface area is 116 Å². The Morgan fingerprint density at radius 1 is 1.21 bits per heavy atom. The Hall–Kier alpha value is -0.900. The highest BCUT2D eigenvalue weighted by molar-refractivity contribution is 5.21. The lowest BCUT2D eigenvalue weighted by atomic mass is 10.1. The fourth-order valence-electron chi connectivity index (χ4n) is 2.45. The lowest BCUT2D eigenvalue weighted by Crippen LogP contribution is -2.25. The summed E-state index contributed by atoms with van der Waals surface area (Å²) >= 11 is 0. The van der Waals surface area contributed by atoms with Gasteiger partial charge in [-0.25, -0.2) is 0 Å². The number of nitrogens with one attached hydrogen (secondary N) is 1. The zero-order chi connectivity index (χ0) is 13.3. The second-order valence-corrected chi connectivity index (χ2v) is 5.20. The first kappa shape index (κ1) is 14.5. The Bertz CT molecular complexity index is 344. The quantitative estimate of drug-likeness (QED) is 0.767. The van der Waals surface area contributed by atoms with Crippen LogP contribution < -0.4 is 5.32 Å². The van der Waals surface area contributed by atoms with Crippen molar-refractivity contribution in [3.05, 3.63) is 35.4 Å². The van der Waals surface area contributed by atoms with Gasteiger partial charge in [-0.3, -0.25) is 0 Å². The molecule has 1 heterocycles.